The normalized spacial score (nSPS) is 9.75. The van der Waals surface area contributed by atoms with Crippen LogP contribution in [0.4, 0.5) is 0 Å². The Morgan fingerprint density at radius 3 is 2.88 bits per heavy atom. The summed E-state index contributed by atoms with van der Waals surface area (Å²) in [5.41, 5.74) is 0. The summed E-state index contributed by atoms with van der Waals surface area (Å²) < 4.78 is 1.88. The lowest BCUT2D eigenvalue weighted by molar-refractivity contribution is 1.10. The lowest BCUT2D eigenvalue weighted by Crippen LogP contribution is -1.82. The van der Waals surface area contributed by atoms with Gasteiger partial charge in [0.05, 0.1) is 0 Å². The van der Waals surface area contributed by atoms with Gasteiger partial charge in [-0.25, -0.2) is 4.98 Å². The van der Waals surface area contributed by atoms with E-state index in [0.717, 1.165) is 5.82 Å². The van der Waals surface area contributed by atoms with Gasteiger partial charge < -0.3 is 0 Å². The van der Waals surface area contributed by atoms with Crippen LogP contribution in [0.2, 0.25) is 0 Å². The van der Waals surface area contributed by atoms with E-state index < -0.39 is 0 Å². The molecule has 0 bridgehead atoms. The van der Waals surface area contributed by atoms with E-state index in [1.54, 1.807) is 6.20 Å². The molecule has 0 radical (unpaired) electrons. The Hall–Kier alpha value is -0.0900. The average molecular weight is 146 g/mol. The number of thiol groups is 1. The van der Waals surface area contributed by atoms with Gasteiger partial charge in [-0.15, -0.1) is 0 Å². The van der Waals surface area contributed by atoms with Crippen LogP contribution in [0.15, 0.2) is 12.4 Å². The smallest absolute Gasteiger partial charge is 0.116 e. The number of imidazole rings is 1. The summed E-state index contributed by atoms with van der Waals surface area (Å²) >= 11 is 3.99. The summed E-state index contributed by atoms with van der Waals surface area (Å²) in [6, 6.07) is 0. The highest BCUT2D eigenvalue weighted by atomic mass is 33.1. The quantitative estimate of drug-likeness (QED) is 0.478. The van der Waals surface area contributed by atoms with Gasteiger partial charge in [0.15, 0.2) is 0 Å². The van der Waals surface area contributed by atoms with Crippen molar-refractivity contribution in [2.45, 2.75) is 6.92 Å². The maximum Gasteiger partial charge on any atom is 0.116 e. The minimum atomic E-state index is 0.977. The van der Waals surface area contributed by atoms with E-state index >= 15 is 0 Å². The molecule has 0 aromatic carbocycles. The van der Waals surface area contributed by atoms with E-state index in [-0.39, 0.29) is 0 Å². The third kappa shape index (κ3) is 1.00. The fraction of sp³-hybridized carbons (Fsp3) is 0.250. The molecule has 4 heteroatoms. The highest BCUT2D eigenvalue weighted by Crippen LogP contribution is 2.11. The molecule has 0 aliphatic rings. The van der Waals surface area contributed by atoms with Crippen molar-refractivity contribution in [2.75, 3.05) is 0 Å². The molecule has 1 aromatic rings. The zero-order valence-electron chi connectivity index (χ0n) is 4.40. The van der Waals surface area contributed by atoms with Crippen molar-refractivity contribution in [1.82, 2.24) is 8.96 Å². The molecule has 1 heterocycles. The molecule has 0 aliphatic carbocycles. The summed E-state index contributed by atoms with van der Waals surface area (Å²) in [6.07, 6.45) is 3.62. The van der Waals surface area contributed by atoms with Crippen LogP contribution in [0.5, 0.6) is 0 Å². The van der Waals surface area contributed by atoms with Gasteiger partial charge in [0, 0.05) is 23.4 Å². The van der Waals surface area contributed by atoms with Gasteiger partial charge in [-0.1, -0.05) is 11.7 Å². The van der Waals surface area contributed by atoms with Crippen LogP contribution in [0.3, 0.4) is 0 Å². The first-order valence-corrected chi connectivity index (χ1v) is 3.99. The van der Waals surface area contributed by atoms with Crippen molar-refractivity contribution >= 4 is 22.6 Å². The van der Waals surface area contributed by atoms with Gasteiger partial charge >= 0.3 is 0 Å². The van der Waals surface area contributed by atoms with Gasteiger partial charge in [0.2, 0.25) is 0 Å². The molecule has 1 rings (SSSR count). The molecule has 0 amide bonds. The minimum Gasteiger partial charge on any atom is -0.269 e. The van der Waals surface area contributed by atoms with Crippen molar-refractivity contribution in [2.24, 2.45) is 0 Å². The van der Waals surface area contributed by atoms with Gasteiger partial charge in [0.1, 0.15) is 5.82 Å². The molecule has 1 aromatic heterocycles. The first kappa shape index (κ1) is 6.04. The number of aromatic nitrogens is 2. The Morgan fingerprint density at radius 1 is 1.88 bits per heavy atom. The lowest BCUT2D eigenvalue weighted by atomic mass is 10.8. The molecule has 8 heavy (non-hydrogen) atoms. The molecule has 0 fully saturated rings. The van der Waals surface area contributed by atoms with Crippen LogP contribution >= 0.6 is 22.6 Å². The van der Waals surface area contributed by atoms with E-state index in [1.807, 2.05) is 17.1 Å². The Kier molecular flexibility index (Phi) is 1.85. The maximum absolute atomic E-state index is 3.99. The Balaban J connectivity index is 2.92. The number of nitrogens with zero attached hydrogens (tertiary/aromatic N) is 2. The second-order valence-corrected chi connectivity index (χ2v) is 2.43. The van der Waals surface area contributed by atoms with Crippen LogP contribution in [-0.4, -0.2) is 8.96 Å². The molecule has 44 valence electrons. The molecule has 0 spiro atoms. The minimum absolute atomic E-state index is 0.977. The SMILES string of the molecule is Cc1nccn1SS. The second-order valence-electron chi connectivity index (χ2n) is 1.38. The summed E-state index contributed by atoms with van der Waals surface area (Å²) in [5.74, 6) is 0.977. The number of hydrogen-bond acceptors (Lipinski definition) is 3. The summed E-state index contributed by atoms with van der Waals surface area (Å²) in [7, 11) is 1.35. The number of hydrogen-bond donors (Lipinski definition) is 1. The summed E-state index contributed by atoms with van der Waals surface area (Å²) in [5, 5.41) is 0. The zero-order chi connectivity index (χ0) is 5.98. The second kappa shape index (κ2) is 2.46. The molecule has 2 nitrogen and oxygen atoms in total. The fourth-order valence-electron chi connectivity index (χ4n) is 0.453. The van der Waals surface area contributed by atoms with Crippen molar-refractivity contribution in [3.05, 3.63) is 18.2 Å². The van der Waals surface area contributed by atoms with Gasteiger partial charge in [-0.3, -0.25) is 3.97 Å². The van der Waals surface area contributed by atoms with Crippen LogP contribution in [-0.2, 0) is 0 Å². The largest absolute Gasteiger partial charge is 0.269 e. The van der Waals surface area contributed by atoms with Crippen molar-refractivity contribution in [3.63, 3.8) is 0 Å². The van der Waals surface area contributed by atoms with Crippen LogP contribution in [0.25, 0.3) is 0 Å². The predicted octanol–water partition coefficient (Wildman–Crippen LogP) is 1.53. The van der Waals surface area contributed by atoms with Gasteiger partial charge in [-0.2, -0.15) is 0 Å². The standard InChI is InChI=1S/C4H6N2S2/c1-4-5-2-3-6(4)8-7/h2-3,7H,1H3. The Morgan fingerprint density at radius 2 is 2.62 bits per heavy atom. The molecular formula is C4H6N2S2. The van der Waals surface area contributed by atoms with Crippen LogP contribution < -0.4 is 0 Å². The molecule has 0 saturated carbocycles. The van der Waals surface area contributed by atoms with E-state index in [2.05, 4.69) is 16.6 Å². The fourth-order valence-corrected chi connectivity index (χ4v) is 1.24. The van der Waals surface area contributed by atoms with Crippen molar-refractivity contribution in [3.8, 4) is 0 Å². The van der Waals surface area contributed by atoms with E-state index in [1.165, 1.54) is 11.0 Å². The predicted molar refractivity (Wildman–Crippen MR) is 38.9 cm³/mol. The van der Waals surface area contributed by atoms with Crippen molar-refractivity contribution < 1.29 is 0 Å². The third-order valence-corrected chi connectivity index (χ3v) is 1.96. The first-order valence-electron chi connectivity index (χ1n) is 2.16. The Labute approximate surface area is 57.2 Å². The third-order valence-electron chi connectivity index (χ3n) is 0.870. The lowest BCUT2D eigenvalue weighted by Gasteiger charge is -1.92. The highest BCUT2D eigenvalue weighted by Gasteiger charge is 1.90. The molecular weight excluding hydrogens is 140 g/mol. The van der Waals surface area contributed by atoms with E-state index in [0.29, 0.717) is 0 Å². The van der Waals surface area contributed by atoms with Crippen molar-refractivity contribution in [1.29, 1.82) is 0 Å². The summed E-state index contributed by atoms with van der Waals surface area (Å²) in [4.78, 5) is 3.98. The zero-order valence-corrected chi connectivity index (χ0v) is 6.12. The van der Waals surface area contributed by atoms with Gasteiger partial charge in [-0.05, 0) is 6.92 Å². The maximum atomic E-state index is 3.99. The topological polar surface area (TPSA) is 17.8 Å². The molecule has 0 unspecified atom stereocenters. The van der Waals surface area contributed by atoms with Crippen LogP contribution in [0.1, 0.15) is 5.82 Å². The Bertz CT molecular complexity index is 172. The van der Waals surface area contributed by atoms with Crippen LogP contribution in [0, 0.1) is 6.92 Å². The molecule has 0 N–H and O–H groups in total. The average Bonchev–Trinajstić information content (AvgIpc) is 2.14. The first-order chi connectivity index (χ1) is 3.84. The van der Waals surface area contributed by atoms with E-state index in [4.69, 9.17) is 0 Å². The molecule has 0 saturated heterocycles. The number of rotatable bonds is 1. The van der Waals surface area contributed by atoms with E-state index in [9.17, 15) is 0 Å². The molecule has 0 aliphatic heterocycles. The highest BCUT2D eigenvalue weighted by molar-refractivity contribution is 8.68. The molecule has 0 atom stereocenters. The van der Waals surface area contributed by atoms with Gasteiger partial charge in [0.25, 0.3) is 0 Å². The monoisotopic (exact) mass is 146 g/mol. The number of aryl methyl sites for hydroxylation is 1. The summed E-state index contributed by atoms with van der Waals surface area (Å²) in [6.45, 7) is 1.93.